The van der Waals surface area contributed by atoms with Gasteiger partial charge in [-0.3, -0.25) is 4.79 Å². The number of rotatable bonds is 0. The number of allylic oxidation sites excluding steroid dienone is 4. The van der Waals surface area contributed by atoms with Crippen LogP contribution in [-0.2, 0) is 4.79 Å². The van der Waals surface area contributed by atoms with Gasteiger partial charge in [-0.1, -0.05) is 51.0 Å². The molecule has 8 aliphatic rings. The Balaban J connectivity index is 0.000000183. The first-order valence-corrected chi connectivity index (χ1v) is 21.1. The zero-order chi connectivity index (χ0) is 38.1. The second-order valence-electron chi connectivity index (χ2n) is 20.0. The molecule has 8 unspecified atom stereocenters. The molecule has 0 radical (unpaired) electrons. The predicted octanol–water partition coefficient (Wildman–Crippen LogP) is 7.00. The van der Waals surface area contributed by atoms with E-state index in [1.807, 2.05) is 0 Å². The van der Waals surface area contributed by atoms with Crippen molar-refractivity contribution in [2.75, 3.05) is 0 Å². The van der Waals surface area contributed by atoms with Gasteiger partial charge >= 0.3 is 0 Å². The minimum absolute atomic E-state index is 0. The summed E-state index contributed by atoms with van der Waals surface area (Å²) in [5.74, 6) is 2.17. The van der Waals surface area contributed by atoms with E-state index in [1.165, 1.54) is 51.4 Å². The third kappa shape index (κ3) is 6.92. The summed E-state index contributed by atoms with van der Waals surface area (Å²) in [5.41, 5.74) is 16.4. The summed E-state index contributed by atoms with van der Waals surface area (Å²) >= 11 is 0. The molecule has 8 fully saturated rings. The summed E-state index contributed by atoms with van der Waals surface area (Å²) in [5, 5.41) is 51.7. The maximum atomic E-state index is 11.1. The summed E-state index contributed by atoms with van der Waals surface area (Å²) in [7, 11) is 0. The molecule has 8 rings (SSSR count). The first-order valence-electron chi connectivity index (χ1n) is 21.1. The molecule has 0 aromatic carbocycles. The van der Waals surface area contributed by atoms with E-state index in [0.29, 0.717) is 23.7 Å². The number of aliphatic carboxylic acids is 1. The van der Waals surface area contributed by atoms with E-state index in [4.69, 9.17) is 21.4 Å². The number of aliphatic hydroxyl groups is 4. The standard InChI is InChI=1S/2C21H35NO2.C2H4O2.ClH/c2*1-4-12-5-6-14-17-15(8-10-20(12,14)2)21(3)9-7-13(22)11-16(21)18(23)19(17)24;1-2(3)4;/h2*4,13-19,23-24H,5-11,22H2,1-3H3;1H3,(H,3,4);1H/b2*12-4-;;/t2*13-,14?,15?,16?,17?,18+,19+,20+,21+;;/m00../s1. The van der Waals surface area contributed by atoms with Gasteiger partial charge in [-0.2, -0.15) is 0 Å². The lowest BCUT2D eigenvalue weighted by atomic mass is 9.43. The molecule has 9 N–H and O–H groups in total. The van der Waals surface area contributed by atoms with E-state index in [-0.39, 0.29) is 69.8 Å². The van der Waals surface area contributed by atoms with Crippen LogP contribution >= 0.6 is 12.4 Å². The van der Waals surface area contributed by atoms with Crippen LogP contribution in [0.15, 0.2) is 23.3 Å². The van der Waals surface area contributed by atoms with Gasteiger partial charge < -0.3 is 37.0 Å². The number of hydrogen-bond acceptors (Lipinski definition) is 7. The Labute approximate surface area is 326 Å². The molecule has 18 atom stereocenters. The molecule has 0 aliphatic heterocycles. The van der Waals surface area contributed by atoms with E-state index in [9.17, 15) is 20.4 Å². The molecule has 0 aromatic heterocycles. The number of hydrogen-bond donors (Lipinski definition) is 7. The minimum Gasteiger partial charge on any atom is -0.481 e. The van der Waals surface area contributed by atoms with Gasteiger partial charge in [-0.05, 0) is 173 Å². The highest BCUT2D eigenvalue weighted by molar-refractivity contribution is 5.85. The Hall–Kier alpha value is -1.00. The smallest absolute Gasteiger partial charge is 0.300 e. The average molecular weight is 764 g/mol. The Bertz CT molecular complexity index is 1290. The molecule has 8 nitrogen and oxygen atoms in total. The van der Waals surface area contributed by atoms with Crippen molar-refractivity contribution in [2.24, 2.45) is 80.5 Å². The molecule has 8 saturated carbocycles. The van der Waals surface area contributed by atoms with Gasteiger partial charge in [0.25, 0.3) is 5.97 Å². The van der Waals surface area contributed by atoms with Crippen molar-refractivity contribution >= 4 is 18.4 Å². The normalized spacial score (nSPS) is 53.8. The molecular formula is C44H75ClN2O6. The highest BCUT2D eigenvalue weighted by Gasteiger charge is 2.65. The number of nitrogens with two attached hydrogens (primary N) is 2. The molecule has 8 aliphatic carbocycles. The van der Waals surface area contributed by atoms with Crippen molar-refractivity contribution in [3.05, 3.63) is 23.3 Å². The van der Waals surface area contributed by atoms with Crippen molar-refractivity contribution in [3.8, 4) is 0 Å². The third-order valence-corrected chi connectivity index (χ3v) is 18.0. The van der Waals surface area contributed by atoms with E-state index in [1.54, 1.807) is 11.1 Å². The average Bonchev–Trinajstić information content (AvgIpc) is 3.63. The number of halogens is 1. The molecular weight excluding hydrogens is 688 g/mol. The lowest BCUT2D eigenvalue weighted by Gasteiger charge is -2.63. The van der Waals surface area contributed by atoms with Gasteiger partial charge in [0.2, 0.25) is 0 Å². The monoisotopic (exact) mass is 763 g/mol. The first-order chi connectivity index (χ1) is 24.4. The van der Waals surface area contributed by atoms with Crippen molar-refractivity contribution in [3.63, 3.8) is 0 Å². The van der Waals surface area contributed by atoms with Gasteiger partial charge in [0.1, 0.15) is 0 Å². The van der Waals surface area contributed by atoms with Gasteiger partial charge in [0, 0.05) is 19.0 Å². The largest absolute Gasteiger partial charge is 0.481 e. The zero-order valence-corrected chi connectivity index (χ0v) is 34.7. The maximum absolute atomic E-state index is 11.1. The summed E-state index contributed by atoms with van der Waals surface area (Å²) in [4.78, 5) is 9.00. The molecule has 0 amide bonds. The van der Waals surface area contributed by atoms with Gasteiger partial charge in [-0.15, -0.1) is 12.4 Å². The summed E-state index contributed by atoms with van der Waals surface area (Å²) < 4.78 is 0. The van der Waals surface area contributed by atoms with Gasteiger partial charge in [-0.25, -0.2) is 0 Å². The fourth-order valence-corrected chi connectivity index (χ4v) is 15.2. The molecule has 0 heterocycles. The number of carboxylic acid groups (broad SMARTS) is 1. The van der Waals surface area contributed by atoms with Crippen molar-refractivity contribution in [1.29, 1.82) is 0 Å². The van der Waals surface area contributed by atoms with Gasteiger partial charge in [0.05, 0.1) is 24.4 Å². The van der Waals surface area contributed by atoms with Crippen LogP contribution in [0.3, 0.4) is 0 Å². The van der Waals surface area contributed by atoms with Gasteiger partial charge in [0.15, 0.2) is 0 Å². The van der Waals surface area contributed by atoms with E-state index in [0.717, 1.165) is 45.4 Å². The molecule has 53 heavy (non-hydrogen) atoms. The minimum atomic E-state index is -0.833. The fraction of sp³-hybridized carbons (Fsp3) is 0.886. The molecule has 9 heteroatoms. The van der Waals surface area contributed by atoms with E-state index < -0.39 is 30.4 Å². The molecule has 304 valence electrons. The Kier molecular flexibility index (Phi) is 12.8. The van der Waals surface area contributed by atoms with Crippen molar-refractivity contribution in [1.82, 2.24) is 0 Å². The SMILES string of the molecule is C/C=C1/CCC2C3C(CC[C@]12C)[C@@]1(C)CC[C@H](N)CC1[C@@H](O)[C@@H]3O.C/C=C1/CCC2C3C(CC[C@]12C)[C@@]1(C)CC[C@H](N)CC1[C@@H](O)[C@@H]3O.CC(=O)O.Cl. The van der Waals surface area contributed by atoms with E-state index in [2.05, 4.69) is 53.7 Å². The Morgan fingerprint density at radius 2 is 0.925 bits per heavy atom. The molecule has 0 saturated heterocycles. The number of carbonyl (C=O) groups is 1. The highest BCUT2D eigenvalue weighted by Crippen LogP contribution is 2.69. The zero-order valence-electron chi connectivity index (χ0n) is 33.8. The topological polar surface area (TPSA) is 170 Å². The van der Waals surface area contributed by atoms with Crippen LogP contribution in [-0.4, -0.2) is 68.0 Å². The van der Waals surface area contributed by atoms with Crippen LogP contribution in [0, 0.1) is 69.0 Å². The Morgan fingerprint density at radius 1 is 0.585 bits per heavy atom. The highest BCUT2D eigenvalue weighted by atomic mass is 35.5. The molecule has 0 bridgehead atoms. The second kappa shape index (κ2) is 15.7. The van der Waals surface area contributed by atoms with E-state index >= 15 is 0 Å². The second-order valence-corrected chi connectivity index (χ2v) is 20.0. The van der Waals surface area contributed by atoms with Crippen molar-refractivity contribution in [2.45, 2.75) is 175 Å². The van der Waals surface area contributed by atoms with Crippen LogP contribution in [0.4, 0.5) is 0 Å². The van der Waals surface area contributed by atoms with Crippen LogP contribution in [0.1, 0.15) is 138 Å². The summed E-state index contributed by atoms with van der Waals surface area (Å²) in [6.07, 6.45) is 18.0. The van der Waals surface area contributed by atoms with Crippen LogP contribution < -0.4 is 11.5 Å². The van der Waals surface area contributed by atoms with Crippen molar-refractivity contribution < 1.29 is 30.3 Å². The number of aliphatic hydroxyl groups excluding tert-OH is 4. The molecule has 0 aromatic rings. The quantitative estimate of drug-likeness (QED) is 0.129. The van der Waals surface area contributed by atoms with Crippen LogP contribution in [0.25, 0.3) is 0 Å². The lowest BCUT2D eigenvalue weighted by molar-refractivity contribution is -0.210. The number of fused-ring (bicyclic) bond motifs is 10. The lowest BCUT2D eigenvalue weighted by Crippen LogP contribution is -2.64. The Morgan fingerprint density at radius 3 is 1.25 bits per heavy atom. The summed E-state index contributed by atoms with van der Waals surface area (Å²) in [6.45, 7) is 15.0. The number of carboxylic acids is 1. The fourth-order valence-electron chi connectivity index (χ4n) is 15.2. The van der Waals surface area contributed by atoms with Crippen LogP contribution in [0.2, 0.25) is 0 Å². The predicted molar refractivity (Wildman–Crippen MR) is 213 cm³/mol. The molecule has 0 spiro atoms. The summed E-state index contributed by atoms with van der Waals surface area (Å²) in [6, 6.07) is 0.382. The first kappa shape index (κ1) is 43.1. The maximum Gasteiger partial charge on any atom is 0.300 e. The van der Waals surface area contributed by atoms with Crippen LogP contribution in [0.5, 0.6) is 0 Å². The third-order valence-electron chi connectivity index (χ3n) is 18.0.